The maximum absolute atomic E-state index is 12.0. The number of amides is 1. The van der Waals surface area contributed by atoms with Gasteiger partial charge in [-0.15, -0.1) is 24.8 Å². The smallest absolute Gasteiger partial charge is 0.240 e. The Bertz CT molecular complexity index is 288. The van der Waals surface area contributed by atoms with E-state index in [-0.39, 0.29) is 30.7 Å². The molecule has 20 heavy (non-hydrogen) atoms. The summed E-state index contributed by atoms with van der Waals surface area (Å²) in [6.07, 6.45) is 6.45. The third-order valence-electron chi connectivity index (χ3n) is 4.54. The molecule has 120 valence electrons. The molecule has 1 amide bonds. The fraction of sp³-hybridized carbons (Fsp3) is 0.929. The van der Waals surface area contributed by atoms with Gasteiger partial charge in [0, 0.05) is 13.1 Å². The lowest BCUT2D eigenvalue weighted by atomic mass is 9.98. The van der Waals surface area contributed by atoms with Crippen LogP contribution in [0.15, 0.2) is 0 Å². The minimum Gasteiger partial charge on any atom is -0.353 e. The Kier molecular flexibility index (Phi) is 9.07. The van der Waals surface area contributed by atoms with E-state index in [4.69, 9.17) is 5.73 Å². The van der Waals surface area contributed by atoms with Crippen LogP contribution < -0.4 is 11.1 Å². The zero-order valence-electron chi connectivity index (χ0n) is 12.4. The molecule has 0 aromatic carbocycles. The summed E-state index contributed by atoms with van der Waals surface area (Å²) in [6.45, 7) is 6.37. The summed E-state index contributed by atoms with van der Waals surface area (Å²) in [5.41, 5.74) is 5.54. The van der Waals surface area contributed by atoms with Crippen molar-refractivity contribution >= 4 is 30.7 Å². The predicted molar refractivity (Wildman–Crippen MR) is 87.7 cm³/mol. The van der Waals surface area contributed by atoms with Crippen LogP contribution in [-0.4, -0.2) is 42.5 Å². The Morgan fingerprint density at radius 3 is 2.35 bits per heavy atom. The standard InChI is InChI=1S/C14H27N3O.2ClH/c1-12-4-9-17(10-5-12)11-8-16-13(18)14(15)6-2-3-7-14;;/h12H,2-11,15H2,1H3,(H,16,18);2*1H. The van der Waals surface area contributed by atoms with Crippen LogP contribution in [-0.2, 0) is 4.79 Å². The van der Waals surface area contributed by atoms with E-state index in [0.717, 1.165) is 44.7 Å². The highest BCUT2D eigenvalue weighted by molar-refractivity contribution is 5.86. The second-order valence-electron chi connectivity index (χ2n) is 6.14. The topological polar surface area (TPSA) is 58.4 Å². The molecular formula is C14H29Cl2N3O. The number of nitrogens with one attached hydrogen (secondary N) is 1. The SMILES string of the molecule is CC1CCN(CCNC(=O)C2(N)CCCC2)CC1.Cl.Cl. The minimum atomic E-state index is -0.573. The molecule has 0 spiro atoms. The maximum atomic E-state index is 12.0. The summed E-state index contributed by atoms with van der Waals surface area (Å²) in [5.74, 6) is 0.923. The van der Waals surface area contributed by atoms with Crippen LogP contribution in [0.2, 0.25) is 0 Å². The van der Waals surface area contributed by atoms with E-state index >= 15 is 0 Å². The summed E-state index contributed by atoms with van der Waals surface area (Å²) < 4.78 is 0. The molecule has 6 heteroatoms. The van der Waals surface area contributed by atoms with Crippen molar-refractivity contribution in [2.45, 2.75) is 51.0 Å². The molecule has 1 saturated heterocycles. The van der Waals surface area contributed by atoms with Gasteiger partial charge in [-0.25, -0.2) is 0 Å². The number of carbonyl (C=O) groups is 1. The van der Waals surface area contributed by atoms with Gasteiger partial charge in [-0.05, 0) is 44.7 Å². The Morgan fingerprint density at radius 2 is 1.80 bits per heavy atom. The number of carbonyl (C=O) groups excluding carboxylic acids is 1. The van der Waals surface area contributed by atoms with E-state index in [1.165, 1.54) is 25.9 Å². The average molecular weight is 326 g/mol. The van der Waals surface area contributed by atoms with Gasteiger partial charge in [-0.1, -0.05) is 19.8 Å². The van der Waals surface area contributed by atoms with Crippen LogP contribution in [0.1, 0.15) is 45.4 Å². The first-order chi connectivity index (χ1) is 8.60. The summed E-state index contributed by atoms with van der Waals surface area (Å²) in [7, 11) is 0. The van der Waals surface area contributed by atoms with Crippen LogP contribution in [0.5, 0.6) is 0 Å². The highest BCUT2D eigenvalue weighted by atomic mass is 35.5. The van der Waals surface area contributed by atoms with Gasteiger partial charge < -0.3 is 16.0 Å². The number of hydrogen-bond acceptors (Lipinski definition) is 3. The molecule has 0 aromatic rings. The van der Waals surface area contributed by atoms with E-state index < -0.39 is 5.54 Å². The zero-order chi connectivity index (χ0) is 13.0. The molecular weight excluding hydrogens is 297 g/mol. The molecule has 0 atom stereocenters. The van der Waals surface area contributed by atoms with Crippen LogP contribution in [0.4, 0.5) is 0 Å². The number of rotatable bonds is 4. The van der Waals surface area contributed by atoms with E-state index in [0.29, 0.717) is 0 Å². The molecule has 2 aliphatic rings. The average Bonchev–Trinajstić information content (AvgIpc) is 2.80. The van der Waals surface area contributed by atoms with Crippen molar-refractivity contribution in [1.29, 1.82) is 0 Å². The lowest BCUT2D eigenvalue weighted by Crippen LogP contribution is -2.53. The van der Waals surface area contributed by atoms with Crippen molar-refractivity contribution in [3.8, 4) is 0 Å². The van der Waals surface area contributed by atoms with Crippen LogP contribution >= 0.6 is 24.8 Å². The molecule has 1 saturated carbocycles. The fourth-order valence-electron chi connectivity index (χ4n) is 3.02. The lowest BCUT2D eigenvalue weighted by Gasteiger charge is -2.30. The predicted octanol–water partition coefficient (Wildman–Crippen LogP) is 1.95. The molecule has 0 bridgehead atoms. The van der Waals surface area contributed by atoms with Crippen LogP contribution in [0.25, 0.3) is 0 Å². The van der Waals surface area contributed by atoms with E-state index in [1.54, 1.807) is 0 Å². The molecule has 3 N–H and O–H groups in total. The molecule has 0 aromatic heterocycles. The fourth-order valence-corrected chi connectivity index (χ4v) is 3.02. The number of likely N-dealkylation sites (tertiary alicyclic amines) is 1. The Labute approximate surface area is 135 Å². The Balaban J connectivity index is 0.00000180. The molecule has 2 rings (SSSR count). The number of nitrogens with two attached hydrogens (primary N) is 1. The van der Waals surface area contributed by atoms with E-state index in [1.807, 2.05) is 0 Å². The molecule has 1 aliphatic carbocycles. The highest BCUT2D eigenvalue weighted by Crippen LogP contribution is 2.27. The first-order valence-electron chi connectivity index (χ1n) is 7.40. The van der Waals surface area contributed by atoms with Gasteiger partial charge in [0.25, 0.3) is 0 Å². The third-order valence-corrected chi connectivity index (χ3v) is 4.54. The van der Waals surface area contributed by atoms with Crippen molar-refractivity contribution < 1.29 is 4.79 Å². The van der Waals surface area contributed by atoms with Gasteiger partial charge in [-0.2, -0.15) is 0 Å². The first-order valence-corrected chi connectivity index (χ1v) is 7.40. The lowest BCUT2D eigenvalue weighted by molar-refractivity contribution is -0.126. The minimum absolute atomic E-state index is 0. The van der Waals surface area contributed by atoms with Gasteiger partial charge in [0.1, 0.15) is 0 Å². The molecule has 2 fully saturated rings. The number of hydrogen-bond donors (Lipinski definition) is 2. The number of piperidine rings is 1. The van der Waals surface area contributed by atoms with Crippen molar-refractivity contribution in [3.05, 3.63) is 0 Å². The summed E-state index contributed by atoms with van der Waals surface area (Å²) >= 11 is 0. The quantitative estimate of drug-likeness (QED) is 0.830. The van der Waals surface area contributed by atoms with Crippen LogP contribution in [0.3, 0.4) is 0 Å². The number of halogens is 2. The van der Waals surface area contributed by atoms with Crippen molar-refractivity contribution in [3.63, 3.8) is 0 Å². The van der Waals surface area contributed by atoms with E-state index in [2.05, 4.69) is 17.1 Å². The second-order valence-corrected chi connectivity index (χ2v) is 6.14. The van der Waals surface area contributed by atoms with Gasteiger partial charge >= 0.3 is 0 Å². The summed E-state index contributed by atoms with van der Waals surface area (Å²) in [6, 6.07) is 0. The van der Waals surface area contributed by atoms with Gasteiger partial charge in [0.2, 0.25) is 5.91 Å². The molecule has 1 heterocycles. The van der Waals surface area contributed by atoms with Gasteiger partial charge in [-0.3, -0.25) is 4.79 Å². The summed E-state index contributed by atoms with van der Waals surface area (Å²) in [4.78, 5) is 14.4. The van der Waals surface area contributed by atoms with Crippen molar-refractivity contribution in [2.75, 3.05) is 26.2 Å². The Morgan fingerprint density at radius 1 is 1.25 bits per heavy atom. The largest absolute Gasteiger partial charge is 0.353 e. The maximum Gasteiger partial charge on any atom is 0.240 e. The van der Waals surface area contributed by atoms with Crippen molar-refractivity contribution in [2.24, 2.45) is 11.7 Å². The second kappa shape index (κ2) is 9.08. The molecule has 1 aliphatic heterocycles. The molecule has 0 unspecified atom stereocenters. The number of nitrogens with zero attached hydrogens (tertiary/aromatic N) is 1. The normalized spacial score (nSPS) is 22.7. The zero-order valence-corrected chi connectivity index (χ0v) is 14.0. The van der Waals surface area contributed by atoms with E-state index in [9.17, 15) is 4.79 Å². The van der Waals surface area contributed by atoms with Crippen molar-refractivity contribution in [1.82, 2.24) is 10.2 Å². The van der Waals surface area contributed by atoms with Crippen LogP contribution in [0, 0.1) is 5.92 Å². The first kappa shape index (κ1) is 20.0. The highest BCUT2D eigenvalue weighted by Gasteiger charge is 2.36. The Hall–Kier alpha value is -0.0300. The third kappa shape index (κ3) is 5.40. The molecule has 0 radical (unpaired) electrons. The summed E-state index contributed by atoms with van der Waals surface area (Å²) in [5, 5.41) is 3.02. The molecule has 4 nitrogen and oxygen atoms in total. The van der Waals surface area contributed by atoms with Gasteiger partial charge in [0.05, 0.1) is 5.54 Å². The monoisotopic (exact) mass is 325 g/mol. The van der Waals surface area contributed by atoms with Gasteiger partial charge in [0.15, 0.2) is 0 Å².